The van der Waals surface area contributed by atoms with Gasteiger partial charge >= 0.3 is 0 Å². The van der Waals surface area contributed by atoms with Crippen LogP contribution in [-0.4, -0.2) is 11.9 Å². The molecule has 3 nitrogen and oxygen atoms in total. The molecule has 3 N–H and O–H groups in total. The smallest absolute Gasteiger partial charge is 0.138 e. The molecule has 1 aromatic rings. The van der Waals surface area contributed by atoms with Crippen LogP contribution < -0.4 is 10.5 Å². The highest BCUT2D eigenvalue weighted by atomic mass is 35.5. The Morgan fingerprint density at radius 1 is 1.37 bits per heavy atom. The maximum absolute atomic E-state index is 7.35. The Kier molecular flexibility index (Phi) is 6.71. The Morgan fingerprint density at radius 3 is 2.68 bits per heavy atom. The first-order valence-electron chi connectivity index (χ1n) is 6.85. The van der Waals surface area contributed by atoms with Crippen LogP contribution in [0.1, 0.15) is 51.5 Å². The maximum Gasteiger partial charge on any atom is 0.138 e. The van der Waals surface area contributed by atoms with E-state index >= 15 is 0 Å². The highest BCUT2D eigenvalue weighted by Gasteiger charge is 2.09. The number of nitrogen functional groups attached to an aromatic ring is 1. The van der Waals surface area contributed by atoms with Crippen LogP contribution in [0.25, 0.3) is 0 Å². The topological polar surface area (TPSA) is 59.1 Å². The Balaban J connectivity index is 2.50. The minimum atomic E-state index is 0.0149. The Bertz CT molecular complexity index is 421. The van der Waals surface area contributed by atoms with E-state index in [1.54, 1.807) is 18.2 Å². The quantitative estimate of drug-likeness (QED) is 0.423. The second-order valence-corrected chi connectivity index (χ2v) is 5.24. The lowest BCUT2D eigenvalue weighted by molar-refractivity contribution is 0.206. The molecule has 1 rings (SSSR count). The van der Waals surface area contributed by atoms with Crippen molar-refractivity contribution < 1.29 is 4.74 Å². The van der Waals surface area contributed by atoms with E-state index in [1.807, 2.05) is 0 Å². The normalized spacial score (nSPS) is 12.2. The van der Waals surface area contributed by atoms with Crippen LogP contribution in [0.3, 0.4) is 0 Å². The second-order valence-electron chi connectivity index (χ2n) is 4.84. The first-order valence-corrected chi connectivity index (χ1v) is 7.23. The van der Waals surface area contributed by atoms with Crippen molar-refractivity contribution in [1.82, 2.24) is 0 Å². The van der Waals surface area contributed by atoms with Crippen molar-refractivity contribution >= 4 is 17.4 Å². The zero-order valence-electron chi connectivity index (χ0n) is 11.7. The van der Waals surface area contributed by atoms with Crippen molar-refractivity contribution in [3.63, 3.8) is 0 Å². The molecule has 0 spiro atoms. The van der Waals surface area contributed by atoms with Crippen LogP contribution >= 0.6 is 11.6 Å². The molecule has 0 aliphatic rings. The van der Waals surface area contributed by atoms with Gasteiger partial charge in [-0.05, 0) is 38.0 Å². The molecule has 0 saturated carbocycles. The van der Waals surface area contributed by atoms with Crippen molar-refractivity contribution in [2.24, 2.45) is 5.73 Å². The molecule has 4 heteroatoms. The van der Waals surface area contributed by atoms with Crippen LogP contribution in [0.15, 0.2) is 18.2 Å². The number of hydrogen-bond acceptors (Lipinski definition) is 2. The van der Waals surface area contributed by atoms with E-state index < -0.39 is 0 Å². The number of amidine groups is 1. The predicted octanol–water partition coefficient (Wildman–Crippen LogP) is 4.36. The first-order chi connectivity index (χ1) is 9.04. The molecule has 1 unspecified atom stereocenters. The van der Waals surface area contributed by atoms with E-state index in [9.17, 15) is 0 Å². The van der Waals surface area contributed by atoms with Gasteiger partial charge in [-0.2, -0.15) is 0 Å². The van der Waals surface area contributed by atoms with Gasteiger partial charge in [0.05, 0.1) is 11.1 Å². The number of ether oxygens (including phenoxy) is 1. The van der Waals surface area contributed by atoms with Gasteiger partial charge in [-0.15, -0.1) is 0 Å². The SMILES string of the molecule is CCCCCCC(C)Oc1ccc(C(=N)N)cc1Cl. The summed E-state index contributed by atoms with van der Waals surface area (Å²) in [4.78, 5) is 0. The minimum absolute atomic E-state index is 0.0149. The molecule has 1 atom stereocenters. The summed E-state index contributed by atoms with van der Waals surface area (Å²) in [6.45, 7) is 4.26. The maximum atomic E-state index is 7.35. The average molecular weight is 283 g/mol. The number of benzene rings is 1. The van der Waals surface area contributed by atoms with Gasteiger partial charge < -0.3 is 10.5 Å². The third-order valence-corrected chi connectivity index (χ3v) is 3.33. The lowest BCUT2D eigenvalue weighted by atomic mass is 10.1. The van der Waals surface area contributed by atoms with Crippen LogP contribution in [-0.2, 0) is 0 Å². The van der Waals surface area contributed by atoms with Gasteiger partial charge in [0.15, 0.2) is 0 Å². The molecule has 19 heavy (non-hydrogen) atoms. The summed E-state index contributed by atoms with van der Waals surface area (Å²) in [5, 5.41) is 7.86. The fourth-order valence-electron chi connectivity index (χ4n) is 1.90. The van der Waals surface area contributed by atoms with Gasteiger partial charge in [0, 0.05) is 5.56 Å². The summed E-state index contributed by atoms with van der Waals surface area (Å²) < 4.78 is 5.82. The molecule has 0 heterocycles. The molecule has 0 aliphatic heterocycles. The summed E-state index contributed by atoms with van der Waals surface area (Å²) in [5.41, 5.74) is 6.03. The van der Waals surface area contributed by atoms with E-state index in [1.165, 1.54) is 25.7 Å². The van der Waals surface area contributed by atoms with E-state index in [0.717, 1.165) is 6.42 Å². The number of halogens is 1. The monoisotopic (exact) mass is 282 g/mol. The van der Waals surface area contributed by atoms with Crippen LogP contribution in [0, 0.1) is 5.41 Å². The molecular weight excluding hydrogens is 260 g/mol. The largest absolute Gasteiger partial charge is 0.489 e. The Hall–Kier alpha value is -1.22. The zero-order chi connectivity index (χ0) is 14.3. The van der Waals surface area contributed by atoms with Crippen LogP contribution in [0.2, 0.25) is 5.02 Å². The van der Waals surface area contributed by atoms with Gasteiger partial charge in [0.1, 0.15) is 11.6 Å². The van der Waals surface area contributed by atoms with Crippen molar-refractivity contribution in [3.8, 4) is 5.75 Å². The third-order valence-electron chi connectivity index (χ3n) is 3.04. The molecule has 0 fully saturated rings. The number of hydrogen-bond donors (Lipinski definition) is 2. The Morgan fingerprint density at radius 2 is 2.11 bits per heavy atom. The summed E-state index contributed by atoms with van der Waals surface area (Å²) in [7, 11) is 0. The molecule has 0 radical (unpaired) electrons. The standard InChI is InChI=1S/C15H23ClN2O/c1-3-4-5-6-7-11(2)19-14-9-8-12(15(17)18)10-13(14)16/h8-11H,3-7H2,1-2H3,(H3,17,18). The highest BCUT2D eigenvalue weighted by molar-refractivity contribution is 6.32. The number of nitrogens with one attached hydrogen (secondary N) is 1. The predicted molar refractivity (Wildman–Crippen MR) is 81.3 cm³/mol. The lowest BCUT2D eigenvalue weighted by Crippen LogP contribution is -2.13. The molecule has 106 valence electrons. The van der Waals surface area contributed by atoms with Crippen molar-refractivity contribution in [2.45, 2.75) is 52.1 Å². The van der Waals surface area contributed by atoms with Gasteiger partial charge in [0.2, 0.25) is 0 Å². The average Bonchev–Trinajstić information content (AvgIpc) is 2.37. The lowest BCUT2D eigenvalue weighted by Gasteiger charge is -2.16. The Labute approximate surface area is 120 Å². The summed E-state index contributed by atoms with van der Waals surface area (Å²) in [5.74, 6) is 0.677. The van der Waals surface area contributed by atoms with Crippen molar-refractivity contribution in [1.29, 1.82) is 5.41 Å². The van der Waals surface area contributed by atoms with Gasteiger partial charge in [0.25, 0.3) is 0 Å². The minimum Gasteiger partial charge on any atom is -0.489 e. The molecule has 0 bridgehead atoms. The highest BCUT2D eigenvalue weighted by Crippen LogP contribution is 2.27. The molecule has 0 aromatic heterocycles. The van der Waals surface area contributed by atoms with Crippen LogP contribution in [0.5, 0.6) is 5.75 Å². The van der Waals surface area contributed by atoms with Gasteiger partial charge in [-0.1, -0.05) is 37.8 Å². The molecular formula is C15H23ClN2O. The van der Waals surface area contributed by atoms with Crippen molar-refractivity contribution in [3.05, 3.63) is 28.8 Å². The fraction of sp³-hybridized carbons (Fsp3) is 0.533. The third kappa shape index (κ3) is 5.52. The molecule has 1 aromatic carbocycles. The zero-order valence-corrected chi connectivity index (χ0v) is 12.5. The van der Waals surface area contributed by atoms with E-state index in [0.29, 0.717) is 16.3 Å². The molecule has 0 amide bonds. The summed E-state index contributed by atoms with van der Waals surface area (Å²) >= 11 is 6.12. The fourth-order valence-corrected chi connectivity index (χ4v) is 2.12. The van der Waals surface area contributed by atoms with Gasteiger partial charge in [-0.25, -0.2) is 0 Å². The second kappa shape index (κ2) is 8.05. The van der Waals surface area contributed by atoms with E-state index in [4.69, 9.17) is 27.5 Å². The number of unbranched alkanes of at least 4 members (excludes halogenated alkanes) is 3. The van der Waals surface area contributed by atoms with Gasteiger partial charge in [-0.3, -0.25) is 5.41 Å². The van der Waals surface area contributed by atoms with E-state index in [-0.39, 0.29) is 11.9 Å². The van der Waals surface area contributed by atoms with Crippen LogP contribution in [0.4, 0.5) is 0 Å². The number of nitrogens with two attached hydrogens (primary N) is 1. The molecule has 0 aliphatic carbocycles. The van der Waals surface area contributed by atoms with E-state index in [2.05, 4.69) is 13.8 Å². The summed E-state index contributed by atoms with van der Waals surface area (Å²) in [6.07, 6.45) is 6.14. The molecule has 0 saturated heterocycles. The summed E-state index contributed by atoms with van der Waals surface area (Å²) in [6, 6.07) is 5.21. The first kappa shape index (κ1) is 15.8. The number of rotatable bonds is 8. The van der Waals surface area contributed by atoms with Crippen molar-refractivity contribution in [2.75, 3.05) is 0 Å².